The summed E-state index contributed by atoms with van der Waals surface area (Å²) in [4.78, 5) is 12.3. The van der Waals surface area contributed by atoms with Crippen molar-refractivity contribution in [3.05, 3.63) is 29.3 Å². The Morgan fingerprint density at radius 2 is 1.65 bits per heavy atom. The van der Waals surface area contributed by atoms with Gasteiger partial charge in [-0.3, -0.25) is 4.79 Å². The van der Waals surface area contributed by atoms with Crippen molar-refractivity contribution in [3.8, 4) is 5.75 Å². The van der Waals surface area contributed by atoms with Gasteiger partial charge in [-0.15, -0.1) is 0 Å². The summed E-state index contributed by atoms with van der Waals surface area (Å²) in [5, 5.41) is 10.9. The zero-order chi connectivity index (χ0) is 33.5. The first-order valence-electron chi connectivity index (χ1n) is 17.8. The molecule has 0 spiro atoms. The Morgan fingerprint density at radius 1 is 0.978 bits per heavy atom. The molecule has 46 heavy (non-hydrogen) atoms. The number of ether oxygens (including phenoxy) is 2. The highest BCUT2D eigenvalue weighted by atomic mass is 19.4. The molecular weight excluding hydrogens is 603 g/mol. The second-order valence-corrected chi connectivity index (χ2v) is 14.6. The molecule has 3 aliphatic rings. The first-order valence-corrected chi connectivity index (χ1v) is 17.8. The van der Waals surface area contributed by atoms with Crippen molar-refractivity contribution >= 4 is 5.97 Å². The van der Waals surface area contributed by atoms with Crippen LogP contribution in [0, 0.1) is 29.1 Å². The van der Waals surface area contributed by atoms with E-state index >= 15 is 0 Å². The second-order valence-electron chi connectivity index (χ2n) is 14.6. The van der Waals surface area contributed by atoms with E-state index in [1.54, 1.807) is 14.0 Å². The molecule has 0 radical (unpaired) electrons. The van der Waals surface area contributed by atoms with E-state index in [1.165, 1.54) is 24.0 Å². The number of benzene rings is 1. The van der Waals surface area contributed by atoms with Crippen LogP contribution in [-0.4, -0.2) is 43.0 Å². The van der Waals surface area contributed by atoms with Gasteiger partial charge in [0.15, 0.2) is 0 Å². The van der Waals surface area contributed by atoms with Crippen LogP contribution in [0.2, 0.25) is 0 Å². The third kappa shape index (κ3) is 8.57. The minimum atomic E-state index is -5.57. The Kier molecular flexibility index (Phi) is 12.8. The molecule has 1 aromatic carbocycles. The molecule has 0 saturated heterocycles. The van der Waals surface area contributed by atoms with Crippen LogP contribution in [0.25, 0.3) is 0 Å². The number of hydrogen-bond donors (Lipinski definition) is 1. The molecule has 0 aliphatic heterocycles. The fourth-order valence-electron chi connectivity index (χ4n) is 9.18. The molecule has 0 aromatic heterocycles. The van der Waals surface area contributed by atoms with E-state index in [9.17, 15) is 31.9 Å². The lowest BCUT2D eigenvalue weighted by Gasteiger charge is -2.53. The summed E-state index contributed by atoms with van der Waals surface area (Å²) in [6, 6.07) is 6.63. The number of carbonyl (C=O) groups excluding carboxylic acids is 1. The van der Waals surface area contributed by atoms with Crippen LogP contribution in [0.5, 0.6) is 5.75 Å². The van der Waals surface area contributed by atoms with E-state index in [1.807, 2.05) is 0 Å². The molecule has 7 atom stereocenters. The topological polar surface area (TPSA) is 55.8 Å². The minimum absolute atomic E-state index is 0.0241. The molecular formula is C37H55F5O4. The summed E-state index contributed by atoms with van der Waals surface area (Å²) in [5.74, 6) is -2.61. The predicted octanol–water partition coefficient (Wildman–Crippen LogP) is 10.2. The molecule has 1 aromatic rings. The normalized spacial score (nSPS) is 28.2. The number of esters is 1. The molecule has 0 heterocycles. The Morgan fingerprint density at radius 3 is 2.33 bits per heavy atom. The van der Waals surface area contributed by atoms with Crippen LogP contribution in [-0.2, 0) is 16.0 Å². The number of hydrogen-bond acceptors (Lipinski definition) is 4. The van der Waals surface area contributed by atoms with Crippen LogP contribution in [0.4, 0.5) is 22.0 Å². The summed E-state index contributed by atoms with van der Waals surface area (Å²) in [6.45, 7) is 4.13. The highest BCUT2D eigenvalue weighted by molar-refractivity contribution is 5.72. The molecule has 2 saturated carbocycles. The van der Waals surface area contributed by atoms with Gasteiger partial charge in [0.25, 0.3) is 0 Å². The van der Waals surface area contributed by atoms with E-state index in [-0.39, 0.29) is 31.0 Å². The third-order valence-electron chi connectivity index (χ3n) is 11.8. The lowest BCUT2D eigenvalue weighted by Crippen LogP contribution is -2.47. The first-order chi connectivity index (χ1) is 21.8. The van der Waals surface area contributed by atoms with E-state index in [4.69, 9.17) is 9.47 Å². The Labute approximate surface area is 272 Å². The molecule has 0 bridgehead atoms. The summed E-state index contributed by atoms with van der Waals surface area (Å²) in [5.41, 5.74) is 2.96. The number of aliphatic hydroxyl groups is 1. The van der Waals surface area contributed by atoms with E-state index in [0.717, 1.165) is 76.4 Å². The quantitative estimate of drug-likeness (QED) is 0.103. The SMILES string of the molecule is CCOC(=O)C(CCCCCCCCC[C@@H]1Cc2cc(OC)ccc2[C@H]2CC[C@]3(C)[C@@H](O)CC[C@H]3[C@H]12)CCCC(F)(F)C(F)(F)F. The van der Waals surface area contributed by atoms with Crippen molar-refractivity contribution in [2.75, 3.05) is 13.7 Å². The monoisotopic (exact) mass is 658 g/mol. The first kappa shape index (κ1) is 36.9. The maximum Gasteiger partial charge on any atom is 0.453 e. The maximum atomic E-state index is 13.3. The second kappa shape index (κ2) is 16.0. The largest absolute Gasteiger partial charge is 0.497 e. The average molecular weight is 659 g/mol. The number of halogens is 5. The molecule has 262 valence electrons. The van der Waals surface area contributed by atoms with E-state index < -0.39 is 30.4 Å². The molecule has 4 nitrogen and oxygen atoms in total. The molecule has 1 N–H and O–H groups in total. The Balaban J connectivity index is 1.20. The summed E-state index contributed by atoms with van der Waals surface area (Å²) in [7, 11) is 1.72. The number of methoxy groups -OCH3 is 1. The number of fused-ring (bicyclic) bond motifs is 5. The summed E-state index contributed by atoms with van der Waals surface area (Å²) in [6.07, 6.45) is 6.65. The number of carbonyl (C=O) groups is 1. The third-order valence-corrected chi connectivity index (χ3v) is 11.8. The number of aliphatic hydroxyl groups excluding tert-OH is 1. The van der Waals surface area contributed by atoms with Crippen molar-refractivity contribution in [2.45, 2.75) is 147 Å². The maximum absolute atomic E-state index is 13.3. The van der Waals surface area contributed by atoms with Crippen molar-refractivity contribution in [1.29, 1.82) is 0 Å². The molecule has 4 rings (SSSR count). The number of alkyl halides is 5. The zero-order valence-corrected chi connectivity index (χ0v) is 28.0. The van der Waals surface area contributed by atoms with Gasteiger partial charge in [0.2, 0.25) is 0 Å². The Hall–Kier alpha value is -1.90. The van der Waals surface area contributed by atoms with Gasteiger partial charge >= 0.3 is 18.1 Å². The average Bonchev–Trinajstić information content (AvgIpc) is 3.31. The smallest absolute Gasteiger partial charge is 0.453 e. The van der Waals surface area contributed by atoms with Gasteiger partial charge in [0.1, 0.15) is 5.75 Å². The minimum Gasteiger partial charge on any atom is -0.497 e. The fourth-order valence-corrected chi connectivity index (χ4v) is 9.18. The van der Waals surface area contributed by atoms with Crippen LogP contribution >= 0.6 is 0 Å². The summed E-state index contributed by atoms with van der Waals surface area (Å²) < 4.78 is 74.7. The molecule has 1 unspecified atom stereocenters. The summed E-state index contributed by atoms with van der Waals surface area (Å²) >= 11 is 0. The lowest BCUT2D eigenvalue weighted by molar-refractivity contribution is -0.284. The van der Waals surface area contributed by atoms with Crippen molar-refractivity contribution < 1.29 is 41.3 Å². The van der Waals surface area contributed by atoms with Crippen LogP contribution in [0.15, 0.2) is 18.2 Å². The van der Waals surface area contributed by atoms with E-state index in [2.05, 4.69) is 25.1 Å². The van der Waals surface area contributed by atoms with Gasteiger partial charge in [0, 0.05) is 6.42 Å². The number of rotatable bonds is 17. The Bertz CT molecular complexity index is 1120. The zero-order valence-electron chi connectivity index (χ0n) is 28.0. The molecule has 3 aliphatic carbocycles. The highest BCUT2D eigenvalue weighted by Gasteiger charge is 2.57. The fraction of sp³-hybridized carbons (Fsp3) is 0.811. The van der Waals surface area contributed by atoms with Crippen LogP contribution in [0.3, 0.4) is 0 Å². The molecule has 2 fully saturated rings. The van der Waals surface area contributed by atoms with Gasteiger partial charge < -0.3 is 14.6 Å². The molecule has 0 amide bonds. The van der Waals surface area contributed by atoms with E-state index in [0.29, 0.717) is 30.1 Å². The van der Waals surface area contributed by atoms with Crippen LogP contribution in [0.1, 0.15) is 134 Å². The van der Waals surface area contributed by atoms with Crippen LogP contribution < -0.4 is 4.74 Å². The molecule has 9 heteroatoms. The highest BCUT2D eigenvalue weighted by Crippen LogP contribution is 2.62. The standard InChI is InChI=1S/C37H55F5O4/c1-4-46-34(44)25(15-12-21-36(38,39)37(40,41)42)13-10-8-6-5-7-9-11-14-26-23-27-24-28(45-3)16-17-29(27)30-20-22-35(2)31(33(26)30)18-19-32(35)43/h16-17,24-26,30-33,43H,4-15,18-23H2,1-3H3/t25?,26-,30-,31+,32+,33-,35+/m1/s1. The number of unbranched alkanes of at least 4 members (excludes halogenated alkanes) is 6. The van der Waals surface area contributed by atoms with Crippen molar-refractivity contribution in [1.82, 2.24) is 0 Å². The van der Waals surface area contributed by atoms with Gasteiger partial charge in [-0.2, -0.15) is 22.0 Å². The van der Waals surface area contributed by atoms with Gasteiger partial charge in [-0.1, -0.05) is 57.9 Å². The van der Waals surface area contributed by atoms with Crippen molar-refractivity contribution in [2.24, 2.45) is 29.1 Å². The van der Waals surface area contributed by atoms with Gasteiger partial charge in [-0.05, 0) is 117 Å². The van der Waals surface area contributed by atoms with Gasteiger partial charge in [-0.25, -0.2) is 0 Å². The lowest BCUT2D eigenvalue weighted by atomic mass is 9.52. The predicted molar refractivity (Wildman–Crippen MR) is 169 cm³/mol. The van der Waals surface area contributed by atoms with Gasteiger partial charge in [0.05, 0.1) is 25.7 Å². The van der Waals surface area contributed by atoms with Crippen molar-refractivity contribution in [3.63, 3.8) is 0 Å².